The van der Waals surface area contributed by atoms with E-state index in [-0.39, 0.29) is 5.75 Å². The molecular weight excluding hydrogens is 298 g/mol. The second-order valence-electron chi connectivity index (χ2n) is 6.06. The quantitative estimate of drug-likeness (QED) is 0.452. The number of hydrogen-bond acceptors (Lipinski definition) is 4. The number of nitrogens with zero attached hydrogens (tertiary/aromatic N) is 1. The van der Waals surface area contributed by atoms with Crippen LogP contribution in [0.1, 0.15) is 31.2 Å². The van der Waals surface area contributed by atoms with Crippen molar-refractivity contribution in [3.05, 3.63) is 23.8 Å². The molecule has 2 aliphatic rings. The molecule has 0 radical (unpaired) electrons. The molecule has 1 aromatic carbocycles. The molecule has 0 spiro atoms. The molecule has 0 unspecified atom stereocenters. The van der Waals surface area contributed by atoms with Gasteiger partial charge in [0, 0.05) is 6.04 Å². The fourth-order valence-corrected chi connectivity index (χ4v) is 3.77. The minimum atomic E-state index is 0.112. The monoisotopic (exact) mass is 319 g/mol. The molecule has 0 heterocycles. The fourth-order valence-electron chi connectivity index (χ4n) is 3.56. The summed E-state index contributed by atoms with van der Waals surface area (Å²) < 4.78 is 5.06. The Balaban J connectivity index is 1.50. The molecular formula is C16H21N3O2S. The first kappa shape index (κ1) is 15.1. The number of thiocarbonyl (C=S) groups is 1. The van der Waals surface area contributed by atoms with Gasteiger partial charge in [-0.2, -0.15) is 5.10 Å². The van der Waals surface area contributed by atoms with Crippen LogP contribution in [0.25, 0.3) is 0 Å². The Morgan fingerprint density at radius 2 is 2.27 bits per heavy atom. The van der Waals surface area contributed by atoms with Gasteiger partial charge in [0.2, 0.25) is 0 Å². The first-order chi connectivity index (χ1) is 10.7. The van der Waals surface area contributed by atoms with Gasteiger partial charge in [-0.25, -0.2) is 0 Å². The Kier molecular flexibility index (Phi) is 4.47. The highest BCUT2D eigenvalue weighted by molar-refractivity contribution is 7.80. The molecule has 0 amide bonds. The summed E-state index contributed by atoms with van der Waals surface area (Å²) in [6, 6.07) is 5.55. The van der Waals surface area contributed by atoms with E-state index < -0.39 is 0 Å². The van der Waals surface area contributed by atoms with E-state index in [0.717, 1.165) is 17.4 Å². The summed E-state index contributed by atoms with van der Waals surface area (Å²) in [5.41, 5.74) is 3.68. The van der Waals surface area contributed by atoms with Gasteiger partial charge < -0.3 is 15.2 Å². The molecule has 1 aromatic rings. The van der Waals surface area contributed by atoms with E-state index in [1.165, 1.54) is 32.8 Å². The number of methoxy groups -OCH3 is 1. The van der Waals surface area contributed by atoms with Gasteiger partial charge in [-0.15, -0.1) is 0 Å². The Labute approximate surface area is 135 Å². The number of fused-ring (bicyclic) bond motifs is 2. The lowest BCUT2D eigenvalue weighted by Crippen LogP contribution is -2.42. The van der Waals surface area contributed by atoms with Crippen molar-refractivity contribution < 1.29 is 9.84 Å². The summed E-state index contributed by atoms with van der Waals surface area (Å²) in [7, 11) is 1.52. The van der Waals surface area contributed by atoms with Gasteiger partial charge in [-0.05, 0) is 67.1 Å². The van der Waals surface area contributed by atoms with Gasteiger partial charge in [0.15, 0.2) is 16.6 Å². The molecule has 0 aromatic heterocycles. The molecule has 5 nitrogen and oxygen atoms in total. The lowest BCUT2D eigenvalue weighted by molar-refractivity contribution is 0.373. The number of benzene rings is 1. The van der Waals surface area contributed by atoms with Crippen molar-refractivity contribution in [2.75, 3.05) is 7.11 Å². The van der Waals surface area contributed by atoms with Crippen LogP contribution < -0.4 is 15.5 Å². The molecule has 3 atom stereocenters. The topological polar surface area (TPSA) is 65.9 Å². The van der Waals surface area contributed by atoms with E-state index in [1.54, 1.807) is 24.4 Å². The second-order valence-corrected chi connectivity index (χ2v) is 6.46. The summed E-state index contributed by atoms with van der Waals surface area (Å²) in [6.45, 7) is 0. The van der Waals surface area contributed by atoms with Crippen LogP contribution in [0, 0.1) is 11.8 Å². The summed E-state index contributed by atoms with van der Waals surface area (Å²) >= 11 is 5.29. The van der Waals surface area contributed by atoms with Gasteiger partial charge in [-0.3, -0.25) is 5.43 Å². The van der Waals surface area contributed by atoms with Crippen molar-refractivity contribution in [1.82, 2.24) is 10.7 Å². The highest BCUT2D eigenvalue weighted by Crippen LogP contribution is 2.44. The average Bonchev–Trinajstić information content (AvgIpc) is 3.11. The Hall–Kier alpha value is -1.82. The van der Waals surface area contributed by atoms with E-state index in [9.17, 15) is 5.11 Å². The minimum absolute atomic E-state index is 0.112. The molecule has 118 valence electrons. The molecule has 3 N–H and O–H groups in total. The van der Waals surface area contributed by atoms with Crippen LogP contribution in [-0.2, 0) is 0 Å². The molecule has 0 saturated heterocycles. The Morgan fingerprint density at radius 1 is 1.41 bits per heavy atom. The van der Waals surface area contributed by atoms with E-state index in [4.69, 9.17) is 17.0 Å². The zero-order valence-corrected chi connectivity index (χ0v) is 13.4. The van der Waals surface area contributed by atoms with Crippen molar-refractivity contribution in [2.45, 2.75) is 31.7 Å². The summed E-state index contributed by atoms with van der Waals surface area (Å²) in [4.78, 5) is 0. The Morgan fingerprint density at radius 3 is 2.95 bits per heavy atom. The van der Waals surface area contributed by atoms with Crippen LogP contribution in [0.5, 0.6) is 11.5 Å². The highest BCUT2D eigenvalue weighted by atomic mass is 32.1. The van der Waals surface area contributed by atoms with Crippen LogP contribution in [0.15, 0.2) is 23.3 Å². The van der Waals surface area contributed by atoms with Crippen molar-refractivity contribution in [3.63, 3.8) is 0 Å². The maximum Gasteiger partial charge on any atom is 0.187 e. The number of nitrogens with one attached hydrogen (secondary N) is 2. The maximum atomic E-state index is 9.54. The minimum Gasteiger partial charge on any atom is -0.504 e. The summed E-state index contributed by atoms with van der Waals surface area (Å²) in [5, 5.41) is 17.6. The highest BCUT2D eigenvalue weighted by Gasteiger charge is 2.39. The molecule has 3 rings (SSSR count). The van der Waals surface area contributed by atoms with Gasteiger partial charge in [0.05, 0.1) is 13.3 Å². The van der Waals surface area contributed by atoms with E-state index in [1.807, 2.05) is 0 Å². The molecule has 2 saturated carbocycles. The Bertz CT molecular complexity index is 591. The number of ether oxygens (including phenoxy) is 1. The molecule has 2 bridgehead atoms. The normalized spacial score (nSPS) is 26.3. The van der Waals surface area contributed by atoms with Gasteiger partial charge in [0.1, 0.15) is 0 Å². The smallest absolute Gasteiger partial charge is 0.187 e. The average molecular weight is 319 g/mol. The summed E-state index contributed by atoms with van der Waals surface area (Å²) in [6.07, 6.45) is 6.92. The maximum absolute atomic E-state index is 9.54. The van der Waals surface area contributed by atoms with Crippen molar-refractivity contribution in [3.8, 4) is 11.5 Å². The molecule has 6 heteroatoms. The number of aromatic hydroxyl groups is 1. The standard InChI is InChI=1S/C16H21N3O2S/c1-21-15-8-11(3-5-14(15)20)9-17-19-16(22)18-13-7-10-2-4-12(13)6-10/h3,5,8-10,12-13,20H,2,4,6-7H2,1H3,(H2,18,19,22)/b17-9+/t10-,12+,13-/m1/s1. The number of phenolic OH excluding ortho intramolecular Hbond substituents is 1. The third-order valence-electron chi connectivity index (χ3n) is 4.64. The predicted molar refractivity (Wildman–Crippen MR) is 90.4 cm³/mol. The zero-order valence-electron chi connectivity index (χ0n) is 12.6. The van der Waals surface area contributed by atoms with Crippen molar-refractivity contribution >= 4 is 23.5 Å². The number of hydrogen-bond donors (Lipinski definition) is 3. The predicted octanol–water partition coefficient (Wildman–Crippen LogP) is 2.39. The van der Waals surface area contributed by atoms with Crippen LogP contribution in [0.2, 0.25) is 0 Å². The van der Waals surface area contributed by atoms with Crippen molar-refractivity contribution in [2.24, 2.45) is 16.9 Å². The summed E-state index contributed by atoms with van der Waals surface area (Å²) in [5.74, 6) is 2.20. The lowest BCUT2D eigenvalue weighted by Gasteiger charge is -2.23. The van der Waals surface area contributed by atoms with Gasteiger partial charge in [0.25, 0.3) is 0 Å². The number of hydrazone groups is 1. The first-order valence-corrected chi connectivity index (χ1v) is 8.03. The second kappa shape index (κ2) is 6.52. The zero-order chi connectivity index (χ0) is 15.5. The third kappa shape index (κ3) is 3.32. The van der Waals surface area contributed by atoms with Crippen LogP contribution in [-0.4, -0.2) is 29.6 Å². The van der Waals surface area contributed by atoms with Crippen molar-refractivity contribution in [1.29, 1.82) is 0 Å². The van der Waals surface area contributed by atoms with Crippen LogP contribution in [0.3, 0.4) is 0 Å². The number of phenols is 1. The largest absolute Gasteiger partial charge is 0.504 e. The van der Waals surface area contributed by atoms with Crippen LogP contribution in [0.4, 0.5) is 0 Å². The molecule has 22 heavy (non-hydrogen) atoms. The van der Waals surface area contributed by atoms with Crippen LogP contribution >= 0.6 is 12.2 Å². The van der Waals surface area contributed by atoms with E-state index in [2.05, 4.69) is 15.8 Å². The lowest BCUT2D eigenvalue weighted by atomic mass is 9.96. The third-order valence-corrected chi connectivity index (χ3v) is 4.85. The molecule has 0 aliphatic heterocycles. The molecule has 2 aliphatic carbocycles. The fraction of sp³-hybridized carbons (Fsp3) is 0.500. The SMILES string of the molecule is COc1cc(/C=N/NC(=S)N[C@@H]2C[C@@H]3CC[C@H]2C3)ccc1O. The number of rotatable bonds is 4. The van der Waals surface area contributed by atoms with E-state index in [0.29, 0.717) is 16.9 Å². The van der Waals surface area contributed by atoms with E-state index >= 15 is 0 Å². The van der Waals surface area contributed by atoms with Gasteiger partial charge in [-0.1, -0.05) is 6.42 Å². The first-order valence-electron chi connectivity index (χ1n) is 7.62. The molecule has 2 fully saturated rings. The van der Waals surface area contributed by atoms with Gasteiger partial charge >= 0.3 is 0 Å².